The second kappa shape index (κ2) is 5.69. The third-order valence-electron chi connectivity index (χ3n) is 2.73. The Bertz CT molecular complexity index is 524. The molecule has 0 radical (unpaired) electrons. The zero-order chi connectivity index (χ0) is 13.9. The third-order valence-corrected chi connectivity index (χ3v) is 4.39. The van der Waals surface area contributed by atoms with Gasteiger partial charge >= 0.3 is 0 Å². The van der Waals surface area contributed by atoms with Crippen molar-refractivity contribution < 1.29 is 8.42 Å². The Morgan fingerprint density at radius 1 is 1.22 bits per heavy atom. The first-order valence-corrected chi connectivity index (χ1v) is 7.24. The second-order valence-electron chi connectivity index (χ2n) is 4.64. The Kier molecular flexibility index (Phi) is 4.72. The minimum Gasteiger partial charge on any atom is -0.397 e. The number of nitrogens with one attached hydrogen (secondary N) is 1. The molecular formula is C12H21N3O2S. The molecule has 6 heteroatoms. The summed E-state index contributed by atoms with van der Waals surface area (Å²) in [6.07, 6.45) is 0. The molecule has 0 bridgehead atoms. The maximum Gasteiger partial charge on any atom is 0.242 e. The zero-order valence-electron chi connectivity index (χ0n) is 11.3. The van der Waals surface area contributed by atoms with Crippen molar-refractivity contribution in [1.29, 1.82) is 0 Å². The van der Waals surface area contributed by atoms with E-state index in [0.29, 0.717) is 24.3 Å². The molecule has 3 N–H and O–H groups in total. The molecule has 1 rings (SSSR count). The summed E-state index contributed by atoms with van der Waals surface area (Å²) in [4.78, 5) is 2.11. The quantitative estimate of drug-likeness (QED) is 0.774. The molecule has 0 aromatic heterocycles. The molecule has 0 saturated heterocycles. The Hall–Kier alpha value is -1.11. The molecule has 102 valence electrons. The van der Waals surface area contributed by atoms with Crippen LogP contribution in [-0.4, -0.2) is 40.5 Å². The Morgan fingerprint density at radius 3 is 2.33 bits per heavy atom. The monoisotopic (exact) mass is 271 g/mol. The summed E-state index contributed by atoms with van der Waals surface area (Å²) in [6.45, 7) is 4.55. The van der Waals surface area contributed by atoms with E-state index < -0.39 is 10.0 Å². The van der Waals surface area contributed by atoms with E-state index in [0.717, 1.165) is 5.56 Å². The Morgan fingerprint density at radius 2 is 1.78 bits per heavy atom. The number of hydrogen-bond acceptors (Lipinski definition) is 4. The van der Waals surface area contributed by atoms with Crippen molar-refractivity contribution in [2.45, 2.75) is 18.7 Å². The van der Waals surface area contributed by atoms with Crippen LogP contribution in [0.4, 0.5) is 5.69 Å². The molecule has 1 aromatic carbocycles. The first-order valence-electron chi connectivity index (χ1n) is 5.76. The van der Waals surface area contributed by atoms with E-state index in [9.17, 15) is 8.42 Å². The highest BCUT2D eigenvalue weighted by molar-refractivity contribution is 7.89. The van der Waals surface area contributed by atoms with Crippen molar-refractivity contribution in [3.05, 3.63) is 23.3 Å². The lowest BCUT2D eigenvalue weighted by atomic mass is 10.1. The lowest BCUT2D eigenvalue weighted by Gasteiger charge is -2.15. The minimum absolute atomic E-state index is 0.196. The number of sulfonamides is 1. The van der Waals surface area contributed by atoms with Gasteiger partial charge in [0.1, 0.15) is 4.90 Å². The molecule has 1 aromatic rings. The van der Waals surface area contributed by atoms with Crippen LogP contribution < -0.4 is 10.5 Å². The summed E-state index contributed by atoms with van der Waals surface area (Å²) in [5, 5.41) is 0. The number of nitrogens with two attached hydrogens (primary N) is 1. The predicted molar refractivity (Wildman–Crippen MR) is 74.1 cm³/mol. The fourth-order valence-corrected chi connectivity index (χ4v) is 3.09. The van der Waals surface area contributed by atoms with Gasteiger partial charge in [-0.15, -0.1) is 0 Å². The average molecular weight is 271 g/mol. The lowest BCUT2D eigenvalue weighted by molar-refractivity contribution is 0.412. The molecule has 18 heavy (non-hydrogen) atoms. The second-order valence-corrected chi connectivity index (χ2v) is 6.35. The van der Waals surface area contributed by atoms with Gasteiger partial charge in [-0.2, -0.15) is 0 Å². The Labute approximate surface area is 109 Å². The standard InChI is InChI=1S/C12H21N3O2S/c1-9-5-6-10(2)12(11(9)13)18(16,17)14-7-8-15(3)4/h5-6,14H,7-8,13H2,1-4H3. The van der Waals surface area contributed by atoms with Gasteiger partial charge in [-0.1, -0.05) is 12.1 Å². The number of hydrogen-bond donors (Lipinski definition) is 2. The van der Waals surface area contributed by atoms with E-state index in [1.165, 1.54) is 0 Å². The van der Waals surface area contributed by atoms with Gasteiger partial charge in [0.2, 0.25) is 10.0 Å². The number of nitrogen functional groups attached to an aromatic ring is 1. The van der Waals surface area contributed by atoms with E-state index in [4.69, 9.17) is 5.73 Å². The summed E-state index contributed by atoms with van der Waals surface area (Å²) in [6, 6.07) is 3.59. The largest absolute Gasteiger partial charge is 0.397 e. The molecule has 5 nitrogen and oxygen atoms in total. The van der Waals surface area contributed by atoms with Crippen molar-refractivity contribution in [3.8, 4) is 0 Å². The normalized spacial score (nSPS) is 12.1. The van der Waals surface area contributed by atoms with Crippen LogP contribution in [0.25, 0.3) is 0 Å². The van der Waals surface area contributed by atoms with Gasteiger partial charge in [0.05, 0.1) is 5.69 Å². The van der Waals surface area contributed by atoms with Crippen molar-refractivity contribution in [1.82, 2.24) is 9.62 Å². The van der Waals surface area contributed by atoms with Crippen molar-refractivity contribution >= 4 is 15.7 Å². The number of benzene rings is 1. The third kappa shape index (κ3) is 3.44. The van der Waals surface area contributed by atoms with Crippen LogP contribution in [-0.2, 0) is 10.0 Å². The molecular weight excluding hydrogens is 250 g/mol. The molecule has 0 amide bonds. The number of anilines is 1. The first kappa shape index (κ1) is 14.9. The number of likely N-dealkylation sites (N-methyl/N-ethyl adjacent to an activating group) is 1. The van der Waals surface area contributed by atoms with Crippen LogP contribution in [0.2, 0.25) is 0 Å². The van der Waals surface area contributed by atoms with E-state index in [2.05, 4.69) is 4.72 Å². The van der Waals surface area contributed by atoms with Crippen molar-refractivity contribution in [3.63, 3.8) is 0 Å². The maximum atomic E-state index is 12.2. The summed E-state index contributed by atoms with van der Waals surface area (Å²) in [5.41, 5.74) is 7.63. The van der Waals surface area contributed by atoms with Gasteiger partial charge in [-0.05, 0) is 39.1 Å². The minimum atomic E-state index is -3.54. The van der Waals surface area contributed by atoms with Crippen LogP contribution in [0, 0.1) is 13.8 Å². The molecule has 0 aliphatic rings. The molecule has 0 aliphatic carbocycles. The highest BCUT2D eigenvalue weighted by atomic mass is 32.2. The Balaban J connectivity index is 3.02. The molecule has 0 unspecified atom stereocenters. The van der Waals surface area contributed by atoms with Crippen LogP contribution in [0.1, 0.15) is 11.1 Å². The number of rotatable bonds is 5. The van der Waals surface area contributed by atoms with Gasteiger partial charge in [-0.3, -0.25) is 0 Å². The summed E-state index contributed by atoms with van der Waals surface area (Å²) < 4.78 is 27.0. The molecule has 0 saturated carbocycles. The topological polar surface area (TPSA) is 75.4 Å². The fraction of sp³-hybridized carbons (Fsp3) is 0.500. The van der Waals surface area contributed by atoms with Crippen LogP contribution >= 0.6 is 0 Å². The van der Waals surface area contributed by atoms with Gasteiger partial charge in [-0.25, -0.2) is 13.1 Å². The summed E-state index contributed by atoms with van der Waals surface area (Å²) >= 11 is 0. The van der Waals surface area contributed by atoms with Crippen LogP contribution in [0.5, 0.6) is 0 Å². The summed E-state index contributed by atoms with van der Waals surface area (Å²) in [7, 11) is 0.237. The van der Waals surface area contributed by atoms with Crippen molar-refractivity contribution in [2.75, 3.05) is 32.9 Å². The molecule has 0 spiro atoms. The van der Waals surface area contributed by atoms with E-state index in [-0.39, 0.29) is 4.90 Å². The molecule has 0 atom stereocenters. The smallest absolute Gasteiger partial charge is 0.242 e. The number of nitrogens with zero attached hydrogens (tertiary/aromatic N) is 1. The van der Waals surface area contributed by atoms with Gasteiger partial charge in [0.25, 0.3) is 0 Å². The van der Waals surface area contributed by atoms with Crippen LogP contribution in [0.3, 0.4) is 0 Å². The maximum absolute atomic E-state index is 12.2. The van der Waals surface area contributed by atoms with E-state index in [1.807, 2.05) is 25.1 Å². The first-order chi connectivity index (χ1) is 8.25. The van der Waals surface area contributed by atoms with Gasteiger partial charge < -0.3 is 10.6 Å². The fourth-order valence-electron chi connectivity index (χ4n) is 1.64. The van der Waals surface area contributed by atoms with Gasteiger partial charge in [0.15, 0.2) is 0 Å². The van der Waals surface area contributed by atoms with Crippen LogP contribution in [0.15, 0.2) is 17.0 Å². The number of aryl methyl sites for hydroxylation is 2. The molecule has 0 aliphatic heterocycles. The van der Waals surface area contributed by atoms with E-state index in [1.54, 1.807) is 19.9 Å². The lowest BCUT2D eigenvalue weighted by Crippen LogP contribution is -2.32. The SMILES string of the molecule is Cc1ccc(C)c(S(=O)(=O)NCCN(C)C)c1N. The molecule has 0 fully saturated rings. The highest BCUT2D eigenvalue weighted by Crippen LogP contribution is 2.25. The predicted octanol–water partition coefficient (Wildman–Crippen LogP) is 0.726. The molecule has 0 heterocycles. The average Bonchev–Trinajstić information content (AvgIpc) is 2.23. The van der Waals surface area contributed by atoms with Gasteiger partial charge in [0, 0.05) is 13.1 Å². The van der Waals surface area contributed by atoms with Crippen molar-refractivity contribution in [2.24, 2.45) is 0 Å². The summed E-state index contributed by atoms with van der Waals surface area (Å²) in [5.74, 6) is 0. The van der Waals surface area contributed by atoms with E-state index >= 15 is 0 Å². The zero-order valence-corrected chi connectivity index (χ0v) is 12.1. The highest BCUT2D eigenvalue weighted by Gasteiger charge is 2.20.